The van der Waals surface area contributed by atoms with E-state index in [4.69, 9.17) is 38.4 Å². The Morgan fingerprint density at radius 2 is 1.49 bits per heavy atom. The van der Waals surface area contributed by atoms with Crippen LogP contribution in [0.15, 0.2) is 24.3 Å². The number of esters is 1. The highest BCUT2D eigenvalue weighted by molar-refractivity contribution is 6.23. The minimum Gasteiger partial charge on any atom is -0.460 e. The summed E-state index contributed by atoms with van der Waals surface area (Å²) in [6.45, 7) is 23.2. The third-order valence-electron chi connectivity index (χ3n) is 15.5. The first-order valence-electron chi connectivity index (χ1n) is 29.0. The lowest BCUT2D eigenvalue weighted by Crippen LogP contribution is -2.52. The quantitative estimate of drug-likeness (QED) is 0.0278. The van der Waals surface area contributed by atoms with Crippen molar-refractivity contribution >= 4 is 80.9 Å². The van der Waals surface area contributed by atoms with E-state index in [0.717, 1.165) is 22.3 Å². The minimum atomic E-state index is -0.977. The van der Waals surface area contributed by atoms with Gasteiger partial charge in [0.05, 0.1) is 80.0 Å². The second kappa shape index (κ2) is 29.0. The van der Waals surface area contributed by atoms with Gasteiger partial charge < -0.3 is 59.2 Å². The maximum Gasteiger partial charge on any atom is 0.408 e. The number of alkyl carbamates (subject to hydrolysis) is 1. The number of H-pyrrole nitrogens is 2. The summed E-state index contributed by atoms with van der Waals surface area (Å²) in [4.78, 5) is 118. The molecule has 3 aromatic rings. The van der Waals surface area contributed by atoms with Crippen molar-refractivity contribution in [2.24, 2.45) is 0 Å². The predicted octanol–water partition coefficient (Wildman–Crippen LogP) is 6.10. The van der Waals surface area contributed by atoms with E-state index in [1.165, 1.54) is 29.7 Å². The zero-order chi connectivity index (χ0) is 61.0. The lowest BCUT2D eigenvalue weighted by atomic mass is 9.84. The molecule has 7 heterocycles. The first-order chi connectivity index (χ1) is 40.0. The number of carbonyl (C=O) groups excluding carboxylic acids is 7. The summed E-state index contributed by atoms with van der Waals surface area (Å²) in [5, 5.41) is 7.83. The molecule has 0 unspecified atom stereocenters. The van der Waals surface area contributed by atoms with Crippen LogP contribution in [0.4, 0.5) is 4.79 Å². The first-order valence-corrected chi connectivity index (χ1v) is 29.0. The van der Waals surface area contributed by atoms with Gasteiger partial charge >= 0.3 is 12.1 Å². The van der Waals surface area contributed by atoms with Gasteiger partial charge in [-0.2, -0.15) is 0 Å². The van der Waals surface area contributed by atoms with Crippen molar-refractivity contribution in [3.05, 3.63) is 74.9 Å². The molecule has 8 bridgehead atoms. The molecule has 0 aliphatic carbocycles. The number of nitrogens with zero attached hydrogens (tertiary/aromatic N) is 5. The Hall–Kier alpha value is -7.31. The van der Waals surface area contributed by atoms with E-state index in [0.29, 0.717) is 122 Å². The van der Waals surface area contributed by atoms with Gasteiger partial charge in [0.25, 0.3) is 11.8 Å². The molecule has 3 aromatic heterocycles. The van der Waals surface area contributed by atoms with Crippen molar-refractivity contribution in [3.63, 3.8) is 0 Å². The fourth-order valence-electron chi connectivity index (χ4n) is 10.5. The molecule has 0 aromatic carbocycles. The van der Waals surface area contributed by atoms with E-state index >= 15 is 4.79 Å². The molecule has 456 valence electrons. The van der Waals surface area contributed by atoms with Gasteiger partial charge in [0.1, 0.15) is 24.3 Å². The summed E-state index contributed by atoms with van der Waals surface area (Å²) >= 11 is 0. The Labute approximate surface area is 490 Å². The lowest BCUT2D eigenvalue weighted by molar-refractivity contribution is -0.139. The minimum absolute atomic E-state index is 0.0442. The van der Waals surface area contributed by atoms with Crippen molar-refractivity contribution in [2.75, 3.05) is 106 Å². The van der Waals surface area contributed by atoms with Gasteiger partial charge in [-0.1, -0.05) is 13.8 Å². The number of allylic oxidation sites excluding steroid dienone is 2. The number of nitrogens with one attached hydrogen (secondary N) is 5. The number of imide groups is 1. The van der Waals surface area contributed by atoms with E-state index in [-0.39, 0.29) is 63.1 Å². The molecule has 1 saturated heterocycles. The topological polar surface area (TPSA) is 278 Å². The van der Waals surface area contributed by atoms with E-state index in [1.807, 2.05) is 45.9 Å². The molecular formula is C61H84N10O13. The molecule has 7 rings (SSSR count). The summed E-state index contributed by atoms with van der Waals surface area (Å²) in [5.41, 5.74) is 8.83. The molecule has 4 aliphatic rings. The number of aromatic nitrogens is 4. The summed E-state index contributed by atoms with van der Waals surface area (Å²) in [7, 11) is 3.24. The molecule has 4 aliphatic heterocycles. The molecule has 23 heteroatoms. The fraction of sp³-hybridized carbons (Fsp3) is 0.557. The average Bonchev–Trinajstić information content (AvgIpc) is 4.18. The normalized spacial score (nSPS) is 17.1. The third-order valence-corrected chi connectivity index (χ3v) is 15.5. The monoisotopic (exact) mass is 1160 g/mol. The molecule has 4 atom stereocenters. The molecule has 5 N–H and O–H groups in total. The van der Waals surface area contributed by atoms with Crippen LogP contribution < -0.4 is 16.0 Å². The molecule has 0 radical (unpaired) electrons. The Bertz CT molecular complexity index is 3190. The van der Waals surface area contributed by atoms with Crippen LogP contribution in [0.1, 0.15) is 147 Å². The number of hydrogen-bond donors (Lipinski definition) is 5. The van der Waals surface area contributed by atoms with Crippen LogP contribution in [-0.4, -0.2) is 200 Å². The summed E-state index contributed by atoms with van der Waals surface area (Å²) in [6.07, 6.45) is 3.30. The predicted molar refractivity (Wildman–Crippen MR) is 317 cm³/mol. The Morgan fingerprint density at radius 3 is 2.18 bits per heavy atom. The van der Waals surface area contributed by atoms with E-state index in [1.54, 1.807) is 41.0 Å². The molecular weight excluding hydrogens is 1080 g/mol. The van der Waals surface area contributed by atoms with E-state index in [2.05, 4.69) is 37.7 Å². The zero-order valence-corrected chi connectivity index (χ0v) is 50.8. The summed E-state index contributed by atoms with van der Waals surface area (Å²) < 4.78 is 32.3. The Morgan fingerprint density at radius 1 is 0.833 bits per heavy atom. The largest absolute Gasteiger partial charge is 0.460 e. The van der Waals surface area contributed by atoms with E-state index in [9.17, 15) is 28.8 Å². The number of aryl methyl sites for hydroxylation is 2. The maximum atomic E-state index is 15.4. The lowest BCUT2D eigenvalue weighted by Gasteiger charge is -2.31. The number of carbonyl (C=O) groups is 7. The number of hydrogen-bond acceptors (Lipinski definition) is 16. The number of methoxy groups -OCH3 is 1. The van der Waals surface area contributed by atoms with Gasteiger partial charge in [0, 0.05) is 106 Å². The van der Waals surface area contributed by atoms with Crippen molar-refractivity contribution in [3.8, 4) is 0 Å². The number of fused-ring (bicyclic) bond motifs is 8. The van der Waals surface area contributed by atoms with Gasteiger partial charge in [-0.05, 0) is 115 Å². The molecule has 1 fully saturated rings. The van der Waals surface area contributed by atoms with Crippen LogP contribution >= 0.6 is 0 Å². The summed E-state index contributed by atoms with van der Waals surface area (Å²) in [5.74, 6) is -3.59. The average molecular weight is 1170 g/mol. The third kappa shape index (κ3) is 15.9. The number of aromatic amines is 2. The van der Waals surface area contributed by atoms with Crippen LogP contribution in [-0.2, 0) is 47.6 Å². The van der Waals surface area contributed by atoms with Gasteiger partial charge in [-0.15, -0.1) is 0 Å². The van der Waals surface area contributed by atoms with Crippen molar-refractivity contribution < 1.29 is 62.0 Å². The molecule has 0 spiro atoms. The molecule has 6 amide bonds. The highest BCUT2D eigenvalue weighted by atomic mass is 16.6. The van der Waals surface area contributed by atoms with Crippen LogP contribution in [0.2, 0.25) is 0 Å². The number of likely N-dealkylation sites (N-methyl/N-ethyl adjacent to an activating group) is 1. The Balaban J connectivity index is 1.21. The molecule has 0 saturated carbocycles. The highest BCUT2D eigenvalue weighted by Gasteiger charge is 2.41. The van der Waals surface area contributed by atoms with Crippen LogP contribution in [0.5, 0.6) is 0 Å². The van der Waals surface area contributed by atoms with Crippen LogP contribution in [0.3, 0.4) is 0 Å². The standard InChI is InChI=1S/C61H84N10O13/c1-13-41-35(2)45-33-49-42(15-17-51(73)83-31-30-82-29-28-81-27-26-79-12)36(3)44(66-49)32-46-37(4)43(14-16-50(72)69(11)19-18-62-56(74)39(6)63-57(75)40(7)64-60(78)84-61(8,9)10)54(67-46)53-55-52(38(5)47(68-55)34-48(41)65-45)58(76)71(59(53)77)21-20-70-22-24-80-25-23-70/h15,17,32-34,37,39-40,43,66,68H,13-14,16,18-31H2,1-12H3,(H,62,74)(H,63,75)(H,64,78)/b17-15+,44-32?,45-33?,46-32?,47-34?,48-34?,49-33?,54-53?/t37-,39-,40-,43-/m0/s1. The highest BCUT2D eigenvalue weighted by Crippen LogP contribution is 2.44. The van der Waals surface area contributed by atoms with Crippen LogP contribution in [0, 0.1) is 13.8 Å². The zero-order valence-electron chi connectivity index (χ0n) is 50.8. The second-order valence-corrected chi connectivity index (χ2v) is 22.5. The number of rotatable bonds is 25. The van der Waals surface area contributed by atoms with Crippen molar-refractivity contribution in [1.29, 1.82) is 0 Å². The number of morpholine rings is 1. The van der Waals surface area contributed by atoms with E-state index < -0.39 is 59.3 Å². The van der Waals surface area contributed by atoms with Gasteiger partial charge in [0.2, 0.25) is 17.7 Å². The number of amides is 6. The fourth-order valence-corrected chi connectivity index (χ4v) is 10.5. The summed E-state index contributed by atoms with van der Waals surface area (Å²) in [6, 6.07) is 3.90. The van der Waals surface area contributed by atoms with Gasteiger partial charge in [-0.3, -0.25) is 38.8 Å². The Kier molecular flexibility index (Phi) is 22.2. The number of ether oxygens (including phenoxy) is 6. The van der Waals surface area contributed by atoms with Crippen molar-refractivity contribution in [1.82, 2.24) is 50.6 Å². The molecule has 84 heavy (non-hydrogen) atoms. The maximum absolute atomic E-state index is 15.4. The SMILES string of the molecule is CCC1=C(C)c2cc3[nH]c(cc4nc(c5c6[nH]c(cc1n2)c(C)c6C(=O)N(CCN1CCOCC1)C5=O)[C@@H](CCC(=O)N(C)CCNC(=O)[C@H](C)NC(=O)[C@H](C)NC(=O)OC(C)(C)C)[C@@H]4C)c(C)c3/C=C/C(=O)OCCOCCOCCOC. The van der Waals surface area contributed by atoms with Crippen molar-refractivity contribution in [2.45, 2.75) is 118 Å². The second-order valence-electron chi connectivity index (χ2n) is 22.5. The smallest absolute Gasteiger partial charge is 0.408 e. The van der Waals surface area contributed by atoms with Gasteiger partial charge in [-0.25, -0.2) is 14.6 Å². The first kappa shape index (κ1) is 64.3. The van der Waals surface area contributed by atoms with Crippen LogP contribution in [0.25, 0.3) is 39.3 Å². The molecule has 23 nitrogen and oxygen atoms in total. The van der Waals surface area contributed by atoms with Gasteiger partial charge in [0.15, 0.2) is 0 Å².